The molecular formula is C16H14FNO3. The Morgan fingerprint density at radius 1 is 1.10 bits per heavy atom. The molecular weight excluding hydrogens is 273 g/mol. The van der Waals surface area contributed by atoms with Crippen molar-refractivity contribution in [3.63, 3.8) is 0 Å². The monoisotopic (exact) mass is 287 g/mol. The van der Waals surface area contributed by atoms with E-state index < -0.39 is 11.7 Å². The number of anilines is 1. The molecule has 4 nitrogen and oxygen atoms in total. The van der Waals surface area contributed by atoms with E-state index in [1.807, 2.05) is 0 Å². The van der Waals surface area contributed by atoms with E-state index in [1.165, 1.54) is 26.2 Å². The fourth-order valence-corrected chi connectivity index (χ4v) is 1.84. The van der Waals surface area contributed by atoms with Crippen LogP contribution in [-0.2, 0) is 0 Å². The zero-order valence-corrected chi connectivity index (χ0v) is 11.6. The van der Waals surface area contributed by atoms with E-state index in [4.69, 9.17) is 4.74 Å². The van der Waals surface area contributed by atoms with Crippen LogP contribution in [0.1, 0.15) is 27.6 Å². The van der Waals surface area contributed by atoms with Crippen molar-refractivity contribution in [3.8, 4) is 5.75 Å². The van der Waals surface area contributed by atoms with Gasteiger partial charge >= 0.3 is 0 Å². The highest BCUT2D eigenvalue weighted by Crippen LogP contribution is 2.21. The van der Waals surface area contributed by atoms with E-state index in [9.17, 15) is 14.0 Å². The second-order valence-electron chi connectivity index (χ2n) is 4.43. The molecule has 0 bridgehead atoms. The number of nitrogens with one attached hydrogen (secondary N) is 1. The molecule has 0 fully saturated rings. The van der Waals surface area contributed by atoms with Gasteiger partial charge < -0.3 is 10.1 Å². The Morgan fingerprint density at radius 2 is 1.76 bits per heavy atom. The molecule has 2 aromatic rings. The van der Waals surface area contributed by atoms with Gasteiger partial charge in [-0.1, -0.05) is 0 Å². The summed E-state index contributed by atoms with van der Waals surface area (Å²) in [5, 5.41) is 2.63. The number of hydrogen-bond donors (Lipinski definition) is 1. The lowest BCUT2D eigenvalue weighted by Gasteiger charge is -2.09. The van der Waals surface area contributed by atoms with Gasteiger partial charge in [-0.05, 0) is 49.4 Å². The number of ketones is 1. The van der Waals surface area contributed by atoms with Gasteiger partial charge in [0.2, 0.25) is 0 Å². The third kappa shape index (κ3) is 3.45. The molecule has 1 amide bonds. The molecule has 0 aliphatic rings. The second kappa shape index (κ2) is 6.17. The smallest absolute Gasteiger partial charge is 0.259 e. The molecule has 0 spiro atoms. The molecule has 5 heteroatoms. The summed E-state index contributed by atoms with van der Waals surface area (Å²) < 4.78 is 18.3. The fraction of sp³-hybridized carbons (Fsp3) is 0.125. The molecule has 0 heterocycles. The molecule has 1 N–H and O–H groups in total. The van der Waals surface area contributed by atoms with Gasteiger partial charge in [0.05, 0.1) is 12.7 Å². The van der Waals surface area contributed by atoms with Crippen LogP contribution >= 0.6 is 0 Å². The predicted octanol–water partition coefficient (Wildman–Crippen LogP) is 3.29. The third-order valence-corrected chi connectivity index (χ3v) is 2.96. The number of amides is 1. The summed E-state index contributed by atoms with van der Waals surface area (Å²) in [7, 11) is 1.41. The zero-order valence-electron chi connectivity index (χ0n) is 11.6. The van der Waals surface area contributed by atoms with Crippen LogP contribution in [0.2, 0.25) is 0 Å². The average Bonchev–Trinajstić information content (AvgIpc) is 2.47. The normalized spacial score (nSPS) is 10.0. The lowest BCUT2D eigenvalue weighted by molar-refractivity contribution is 0.101. The fourth-order valence-electron chi connectivity index (χ4n) is 1.84. The summed E-state index contributed by atoms with van der Waals surface area (Å²) in [5.74, 6) is -0.774. The first kappa shape index (κ1) is 14.7. The van der Waals surface area contributed by atoms with E-state index in [-0.39, 0.29) is 17.1 Å². The molecule has 108 valence electrons. The predicted molar refractivity (Wildman–Crippen MR) is 77.4 cm³/mol. The van der Waals surface area contributed by atoms with Gasteiger partial charge in [-0.2, -0.15) is 0 Å². The van der Waals surface area contributed by atoms with E-state index in [2.05, 4.69) is 5.32 Å². The highest BCUT2D eigenvalue weighted by atomic mass is 19.1. The van der Waals surface area contributed by atoms with Crippen LogP contribution in [0.15, 0.2) is 42.5 Å². The maximum absolute atomic E-state index is 13.3. The number of benzene rings is 2. The first-order valence-corrected chi connectivity index (χ1v) is 6.27. The molecule has 0 aromatic heterocycles. The molecule has 0 saturated heterocycles. The number of carbonyl (C=O) groups excluding carboxylic acids is 2. The van der Waals surface area contributed by atoms with Gasteiger partial charge in [0.1, 0.15) is 11.6 Å². The van der Waals surface area contributed by atoms with Crippen molar-refractivity contribution in [2.45, 2.75) is 6.92 Å². The minimum atomic E-state index is -0.520. The van der Waals surface area contributed by atoms with Gasteiger partial charge in [-0.25, -0.2) is 4.39 Å². The molecule has 21 heavy (non-hydrogen) atoms. The summed E-state index contributed by atoms with van der Waals surface area (Å²) in [6, 6.07) is 10.2. The van der Waals surface area contributed by atoms with E-state index >= 15 is 0 Å². The Labute approximate surface area is 121 Å². The second-order valence-corrected chi connectivity index (χ2v) is 4.43. The van der Waals surface area contributed by atoms with Gasteiger partial charge in [-0.15, -0.1) is 0 Å². The molecule has 0 aliphatic heterocycles. The molecule has 0 aliphatic carbocycles. The van der Waals surface area contributed by atoms with Gasteiger partial charge in [-0.3, -0.25) is 9.59 Å². The van der Waals surface area contributed by atoms with Crippen molar-refractivity contribution in [1.29, 1.82) is 0 Å². The van der Waals surface area contributed by atoms with Gasteiger partial charge in [0.25, 0.3) is 5.91 Å². The first-order valence-electron chi connectivity index (χ1n) is 6.27. The Balaban J connectivity index is 2.21. The maximum Gasteiger partial charge on any atom is 0.259 e. The van der Waals surface area contributed by atoms with Crippen LogP contribution in [0, 0.1) is 5.82 Å². The number of hydrogen-bond acceptors (Lipinski definition) is 3. The topological polar surface area (TPSA) is 55.4 Å². The number of carbonyl (C=O) groups is 2. The molecule has 0 atom stereocenters. The van der Waals surface area contributed by atoms with Crippen LogP contribution < -0.4 is 10.1 Å². The van der Waals surface area contributed by atoms with E-state index in [0.717, 1.165) is 6.07 Å². The van der Waals surface area contributed by atoms with Crippen LogP contribution in [0.4, 0.5) is 10.1 Å². The standard InChI is InChI=1S/C16H14FNO3/c1-10(19)11-3-6-13(7-4-11)18-16(20)14-9-12(17)5-8-15(14)21-2/h3-9H,1-2H3,(H,18,20). The molecule has 0 saturated carbocycles. The maximum atomic E-state index is 13.3. The molecule has 2 aromatic carbocycles. The number of methoxy groups -OCH3 is 1. The zero-order chi connectivity index (χ0) is 15.4. The lowest BCUT2D eigenvalue weighted by Crippen LogP contribution is -2.13. The van der Waals surface area contributed by atoms with Crippen molar-refractivity contribution < 1.29 is 18.7 Å². The lowest BCUT2D eigenvalue weighted by atomic mass is 10.1. The van der Waals surface area contributed by atoms with Crippen molar-refractivity contribution >= 4 is 17.4 Å². The molecule has 0 radical (unpaired) electrons. The van der Waals surface area contributed by atoms with Gasteiger partial charge in [0, 0.05) is 11.3 Å². The number of rotatable bonds is 4. The van der Waals surface area contributed by atoms with Crippen LogP contribution in [0.3, 0.4) is 0 Å². The minimum absolute atomic E-state index is 0.0559. The van der Waals surface area contributed by atoms with Crippen LogP contribution in [0.25, 0.3) is 0 Å². The Bertz CT molecular complexity index is 680. The summed E-state index contributed by atoms with van der Waals surface area (Å²) in [6.45, 7) is 1.46. The quantitative estimate of drug-likeness (QED) is 0.878. The number of ether oxygens (including phenoxy) is 1. The third-order valence-electron chi connectivity index (χ3n) is 2.96. The largest absolute Gasteiger partial charge is 0.496 e. The summed E-state index contributed by atoms with van der Waals surface area (Å²) in [4.78, 5) is 23.3. The SMILES string of the molecule is COc1ccc(F)cc1C(=O)Nc1ccc(C(C)=O)cc1. The number of Topliss-reactive ketones (excluding diaryl/α,β-unsaturated/α-hetero) is 1. The summed E-state index contributed by atoms with van der Waals surface area (Å²) in [5.41, 5.74) is 1.17. The number of halogens is 1. The van der Waals surface area contributed by atoms with Crippen molar-refractivity contribution in [2.75, 3.05) is 12.4 Å². The Morgan fingerprint density at radius 3 is 2.33 bits per heavy atom. The summed E-state index contributed by atoms with van der Waals surface area (Å²) in [6.07, 6.45) is 0. The van der Waals surface area contributed by atoms with Gasteiger partial charge in [0.15, 0.2) is 5.78 Å². The van der Waals surface area contributed by atoms with E-state index in [1.54, 1.807) is 24.3 Å². The molecule has 0 unspecified atom stereocenters. The van der Waals surface area contributed by atoms with Crippen molar-refractivity contribution in [1.82, 2.24) is 0 Å². The highest BCUT2D eigenvalue weighted by molar-refractivity contribution is 6.06. The molecule has 2 rings (SSSR count). The van der Waals surface area contributed by atoms with Crippen molar-refractivity contribution in [3.05, 3.63) is 59.4 Å². The van der Waals surface area contributed by atoms with Crippen LogP contribution in [0.5, 0.6) is 5.75 Å². The first-order chi connectivity index (χ1) is 10.0. The summed E-state index contributed by atoms with van der Waals surface area (Å²) >= 11 is 0. The van der Waals surface area contributed by atoms with E-state index in [0.29, 0.717) is 11.3 Å². The highest BCUT2D eigenvalue weighted by Gasteiger charge is 2.13. The van der Waals surface area contributed by atoms with Crippen LogP contribution in [-0.4, -0.2) is 18.8 Å². The Kier molecular flexibility index (Phi) is 4.33. The minimum Gasteiger partial charge on any atom is -0.496 e. The average molecular weight is 287 g/mol. The Hall–Kier alpha value is -2.69. The van der Waals surface area contributed by atoms with Crippen molar-refractivity contribution in [2.24, 2.45) is 0 Å².